The molecular formula is C56H63BN2. The number of rotatable bonds is 2. The molecule has 59 heavy (non-hydrogen) atoms. The van der Waals surface area contributed by atoms with Crippen molar-refractivity contribution in [2.75, 3.05) is 4.90 Å². The largest absolute Gasteiger partial charge is 0.375 e. The summed E-state index contributed by atoms with van der Waals surface area (Å²) < 4.78 is 2.77. The second-order valence-electron chi connectivity index (χ2n) is 20.6. The van der Waals surface area contributed by atoms with Gasteiger partial charge in [-0.05, 0) is 218 Å². The van der Waals surface area contributed by atoms with Crippen LogP contribution in [0.15, 0.2) is 54.6 Å². The Morgan fingerprint density at radius 3 is 1.53 bits per heavy atom. The summed E-state index contributed by atoms with van der Waals surface area (Å²) in [6.45, 7) is 42.4. The molecule has 1 aromatic heterocycles. The van der Waals surface area contributed by atoms with E-state index in [2.05, 4.69) is 189 Å². The Bertz CT molecular complexity index is 2960. The van der Waals surface area contributed by atoms with Crippen LogP contribution in [0.2, 0.25) is 0 Å². The third-order valence-electron chi connectivity index (χ3n) is 15.6. The van der Waals surface area contributed by atoms with Crippen LogP contribution < -0.4 is 15.8 Å². The molecule has 2 nitrogen and oxygen atoms in total. The molecule has 2 aliphatic heterocycles. The first-order valence-electron chi connectivity index (χ1n) is 21.9. The molecule has 0 saturated heterocycles. The molecule has 0 amide bonds. The van der Waals surface area contributed by atoms with Crippen molar-refractivity contribution < 1.29 is 0 Å². The van der Waals surface area contributed by atoms with E-state index in [4.69, 9.17) is 0 Å². The van der Waals surface area contributed by atoms with E-state index >= 15 is 0 Å². The zero-order chi connectivity index (χ0) is 42.7. The molecule has 7 aromatic rings. The van der Waals surface area contributed by atoms with Crippen LogP contribution in [0.25, 0.3) is 44.1 Å². The Balaban J connectivity index is 1.57. The third kappa shape index (κ3) is 5.25. The van der Waals surface area contributed by atoms with E-state index in [0.717, 1.165) is 0 Å². The molecule has 3 heterocycles. The van der Waals surface area contributed by atoms with E-state index < -0.39 is 0 Å². The zero-order valence-corrected chi connectivity index (χ0v) is 39.2. The standard InChI is InChI=1S/C56H63BN2/c1-28-30(3)37(10)52(38(11)31(28)4)58-47-26-41(40-23-42(55(13,14)15)27-43(24-40)56(16,17)18)25-45-49-35(8)33(6)34(7)48-44-21-19-20-22-46(44)59(54(48)49)57(51(45)47)50-36(9)29(2)32(5)39(12)53(50)58/h19-27H,1-18H3. The Morgan fingerprint density at radius 2 is 0.949 bits per heavy atom. The highest BCUT2D eigenvalue weighted by Gasteiger charge is 2.46. The zero-order valence-electron chi connectivity index (χ0n) is 39.2. The van der Waals surface area contributed by atoms with E-state index in [0.29, 0.717) is 0 Å². The maximum absolute atomic E-state index is 2.77. The third-order valence-corrected chi connectivity index (χ3v) is 15.6. The molecule has 2 aliphatic rings. The van der Waals surface area contributed by atoms with Gasteiger partial charge in [-0.15, -0.1) is 0 Å². The van der Waals surface area contributed by atoms with Gasteiger partial charge in [0.15, 0.2) is 0 Å². The van der Waals surface area contributed by atoms with Crippen molar-refractivity contribution in [3.63, 3.8) is 0 Å². The van der Waals surface area contributed by atoms with E-state index in [-0.39, 0.29) is 17.7 Å². The van der Waals surface area contributed by atoms with Gasteiger partial charge in [-0.3, -0.25) is 0 Å². The van der Waals surface area contributed by atoms with Crippen molar-refractivity contribution in [1.29, 1.82) is 0 Å². The first-order valence-corrected chi connectivity index (χ1v) is 21.9. The molecule has 0 unspecified atom stereocenters. The predicted octanol–water partition coefficient (Wildman–Crippen LogP) is 14.2. The monoisotopic (exact) mass is 775 g/mol. The Hall–Kier alpha value is -5.02. The van der Waals surface area contributed by atoms with Gasteiger partial charge in [0.1, 0.15) is 0 Å². The molecule has 6 aromatic carbocycles. The van der Waals surface area contributed by atoms with Crippen LogP contribution in [0.1, 0.15) is 119 Å². The summed E-state index contributed by atoms with van der Waals surface area (Å²) in [6, 6.07) is 21.8. The second kappa shape index (κ2) is 12.7. The number of benzene rings is 6. The number of anilines is 3. The lowest BCUT2D eigenvalue weighted by Crippen LogP contribution is -2.58. The molecule has 0 radical (unpaired) electrons. The lowest BCUT2D eigenvalue weighted by Gasteiger charge is -2.44. The number of aryl methyl sites for hydroxylation is 1. The summed E-state index contributed by atoms with van der Waals surface area (Å²) in [5.74, 6) is 0. The van der Waals surface area contributed by atoms with Crippen LogP contribution in [-0.2, 0) is 10.8 Å². The molecule has 300 valence electrons. The first kappa shape index (κ1) is 39.4. The first-order chi connectivity index (χ1) is 27.6. The maximum atomic E-state index is 2.77. The number of hydrogen-bond donors (Lipinski definition) is 0. The van der Waals surface area contributed by atoms with E-state index in [9.17, 15) is 0 Å². The topological polar surface area (TPSA) is 8.17 Å². The number of aromatic nitrogens is 1. The van der Waals surface area contributed by atoms with Gasteiger partial charge in [-0.25, -0.2) is 0 Å². The fourth-order valence-corrected chi connectivity index (χ4v) is 11.0. The smallest absolute Gasteiger partial charge is 0.333 e. The summed E-state index contributed by atoms with van der Waals surface area (Å²) >= 11 is 0. The van der Waals surface area contributed by atoms with Crippen LogP contribution >= 0.6 is 0 Å². The average Bonchev–Trinajstić information content (AvgIpc) is 3.53. The van der Waals surface area contributed by atoms with Crippen molar-refractivity contribution >= 4 is 56.6 Å². The minimum absolute atomic E-state index is 0.00150. The number of para-hydroxylation sites is 1. The average molecular weight is 775 g/mol. The highest BCUT2D eigenvalue weighted by molar-refractivity contribution is 6.90. The number of hydrogen-bond acceptors (Lipinski definition) is 1. The number of fused-ring (bicyclic) bond motifs is 7. The number of nitrogens with zero attached hydrogens (tertiary/aromatic N) is 2. The van der Waals surface area contributed by atoms with Gasteiger partial charge >= 0.3 is 6.85 Å². The van der Waals surface area contributed by atoms with Gasteiger partial charge in [0, 0.05) is 38.7 Å². The lowest BCUT2D eigenvalue weighted by atomic mass is 9.43. The van der Waals surface area contributed by atoms with Gasteiger partial charge in [0.25, 0.3) is 0 Å². The van der Waals surface area contributed by atoms with Gasteiger partial charge in [-0.2, -0.15) is 0 Å². The molecule has 0 saturated carbocycles. The van der Waals surface area contributed by atoms with Gasteiger partial charge in [-0.1, -0.05) is 77.9 Å². The van der Waals surface area contributed by atoms with Crippen LogP contribution in [-0.4, -0.2) is 11.3 Å². The molecule has 3 heteroatoms. The Labute approximate surface area is 354 Å². The Kier molecular flexibility index (Phi) is 8.52. The van der Waals surface area contributed by atoms with E-state index in [1.807, 2.05) is 0 Å². The van der Waals surface area contributed by atoms with Gasteiger partial charge < -0.3 is 9.38 Å². The van der Waals surface area contributed by atoms with Crippen LogP contribution in [0.5, 0.6) is 0 Å². The fourth-order valence-electron chi connectivity index (χ4n) is 11.0. The normalized spacial score (nSPS) is 13.5. The Morgan fingerprint density at radius 1 is 0.458 bits per heavy atom. The summed E-state index contributed by atoms with van der Waals surface area (Å²) in [5, 5.41) is 2.75. The molecular weight excluding hydrogens is 711 g/mol. The van der Waals surface area contributed by atoms with Crippen molar-refractivity contribution in [3.05, 3.63) is 132 Å². The maximum Gasteiger partial charge on any atom is 0.333 e. The summed E-state index contributed by atoms with van der Waals surface area (Å²) in [4.78, 5) is 2.75. The SMILES string of the molecule is Cc1c(C)c(C)c(N2c3cc(-c4cc(C(C)(C)C)cc(C(C)(C)C)c4)cc4c3B(c3c(C)c(C)c(C)c(C)c32)n2c3ccccc3c3c(C)c(C)c(C)c-4c32)c(C)c1C. The van der Waals surface area contributed by atoms with Gasteiger partial charge in [0.05, 0.1) is 5.69 Å². The molecule has 0 spiro atoms. The van der Waals surface area contributed by atoms with Crippen molar-refractivity contribution in [1.82, 2.24) is 4.48 Å². The highest BCUT2D eigenvalue weighted by Crippen LogP contribution is 2.52. The predicted molar refractivity (Wildman–Crippen MR) is 260 cm³/mol. The molecule has 0 fully saturated rings. The minimum Gasteiger partial charge on any atom is -0.375 e. The molecule has 0 aliphatic carbocycles. The van der Waals surface area contributed by atoms with Crippen molar-refractivity contribution in [2.45, 2.75) is 135 Å². The van der Waals surface area contributed by atoms with Crippen LogP contribution in [0.3, 0.4) is 0 Å². The highest BCUT2D eigenvalue weighted by atomic mass is 15.2. The summed E-state index contributed by atoms with van der Waals surface area (Å²) in [5.41, 5.74) is 34.3. The molecule has 0 atom stereocenters. The van der Waals surface area contributed by atoms with Crippen molar-refractivity contribution in [3.8, 4) is 22.3 Å². The lowest BCUT2D eigenvalue weighted by molar-refractivity contribution is 0.569. The second-order valence-corrected chi connectivity index (χ2v) is 20.6. The summed E-state index contributed by atoms with van der Waals surface area (Å²) in [7, 11) is 0. The molecule has 0 bridgehead atoms. The minimum atomic E-state index is 0.00150. The fraction of sp³-hybridized carbons (Fsp3) is 0.357. The van der Waals surface area contributed by atoms with E-state index in [1.165, 1.54) is 150 Å². The van der Waals surface area contributed by atoms with E-state index in [1.54, 1.807) is 0 Å². The van der Waals surface area contributed by atoms with Crippen LogP contribution in [0.4, 0.5) is 17.1 Å². The van der Waals surface area contributed by atoms with Gasteiger partial charge in [0.2, 0.25) is 0 Å². The summed E-state index contributed by atoms with van der Waals surface area (Å²) in [6.07, 6.45) is 0. The van der Waals surface area contributed by atoms with Crippen LogP contribution in [0, 0.1) is 83.1 Å². The van der Waals surface area contributed by atoms with Crippen molar-refractivity contribution in [2.24, 2.45) is 0 Å². The molecule has 9 rings (SSSR count). The quantitative estimate of drug-likeness (QED) is 0.159. The molecule has 0 N–H and O–H groups in total.